The zero-order chi connectivity index (χ0) is 12.6. The molecule has 0 atom stereocenters. The van der Waals surface area contributed by atoms with Crippen LogP contribution in [0, 0.1) is 3.57 Å². The van der Waals surface area contributed by atoms with Crippen molar-refractivity contribution in [3.63, 3.8) is 0 Å². The first-order valence-electron chi connectivity index (χ1n) is 5.40. The largest absolute Gasteiger partial charge is 0.335 e. The summed E-state index contributed by atoms with van der Waals surface area (Å²) in [7, 11) is 4.06. The van der Waals surface area contributed by atoms with Crippen molar-refractivity contribution in [2.24, 2.45) is 0 Å². The fraction of sp³-hybridized carbons (Fsp3) is 0.417. The van der Waals surface area contributed by atoms with E-state index in [1.807, 2.05) is 31.1 Å². The number of amides is 1. The molecule has 0 aromatic heterocycles. The SMILES string of the molecule is CN(C)C1CN(C(=O)c2ccc(I)cc2Cl)C1. The monoisotopic (exact) mass is 364 g/mol. The van der Waals surface area contributed by atoms with Gasteiger partial charge in [0.15, 0.2) is 0 Å². The highest BCUT2D eigenvalue weighted by Gasteiger charge is 2.32. The maximum atomic E-state index is 12.1. The van der Waals surface area contributed by atoms with Crippen molar-refractivity contribution < 1.29 is 4.79 Å². The molecule has 1 amide bonds. The Labute approximate surface area is 120 Å². The molecule has 1 aromatic rings. The van der Waals surface area contributed by atoms with Gasteiger partial charge in [0.25, 0.3) is 5.91 Å². The van der Waals surface area contributed by atoms with Gasteiger partial charge >= 0.3 is 0 Å². The third-order valence-corrected chi connectivity index (χ3v) is 4.03. The number of carbonyl (C=O) groups is 1. The van der Waals surface area contributed by atoms with Crippen molar-refractivity contribution in [3.8, 4) is 0 Å². The Hall–Kier alpha value is -0.330. The van der Waals surface area contributed by atoms with Crippen molar-refractivity contribution in [2.75, 3.05) is 27.2 Å². The summed E-state index contributed by atoms with van der Waals surface area (Å²) in [4.78, 5) is 16.1. The molecule has 0 radical (unpaired) electrons. The topological polar surface area (TPSA) is 23.6 Å². The molecule has 5 heteroatoms. The molecule has 1 aliphatic rings. The summed E-state index contributed by atoms with van der Waals surface area (Å²) < 4.78 is 1.04. The molecule has 0 N–H and O–H groups in total. The van der Waals surface area contributed by atoms with Crippen LogP contribution in [0.15, 0.2) is 18.2 Å². The molecule has 17 heavy (non-hydrogen) atoms. The van der Waals surface area contributed by atoms with Gasteiger partial charge in [-0.2, -0.15) is 0 Å². The summed E-state index contributed by atoms with van der Waals surface area (Å²) in [5.41, 5.74) is 0.601. The minimum absolute atomic E-state index is 0.0319. The van der Waals surface area contributed by atoms with Crippen molar-refractivity contribution in [3.05, 3.63) is 32.4 Å². The summed E-state index contributed by atoms with van der Waals surface area (Å²) in [6.07, 6.45) is 0. The number of hydrogen-bond donors (Lipinski definition) is 0. The maximum Gasteiger partial charge on any atom is 0.255 e. The van der Waals surface area contributed by atoms with Crippen LogP contribution in [-0.2, 0) is 0 Å². The summed E-state index contributed by atoms with van der Waals surface area (Å²) in [6, 6.07) is 6.00. The predicted octanol–water partition coefficient (Wildman–Crippen LogP) is 2.33. The summed E-state index contributed by atoms with van der Waals surface area (Å²) in [5, 5.41) is 0.537. The number of rotatable bonds is 2. The van der Waals surface area contributed by atoms with Crippen LogP contribution in [-0.4, -0.2) is 48.9 Å². The molecule has 1 fully saturated rings. The van der Waals surface area contributed by atoms with E-state index in [0.29, 0.717) is 16.6 Å². The van der Waals surface area contributed by atoms with E-state index in [-0.39, 0.29) is 5.91 Å². The zero-order valence-electron chi connectivity index (χ0n) is 9.78. The Morgan fingerprint density at radius 3 is 2.65 bits per heavy atom. The predicted molar refractivity (Wildman–Crippen MR) is 77.5 cm³/mol. The molecular formula is C12H14ClIN2O. The smallest absolute Gasteiger partial charge is 0.255 e. The second-order valence-corrected chi connectivity index (χ2v) is 6.10. The van der Waals surface area contributed by atoms with Gasteiger partial charge in [-0.15, -0.1) is 0 Å². The minimum atomic E-state index is 0.0319. The number of likely N-dealkylation sites (tertiary alicyclic amines) is 1. The molecule has 3 nitrogen and oxygen atoms in total. The van der Waals surface area contributed by atoms with E-state index in [0.717, 1.165) is 16.7 Å². The lowest BCUT2D eigenvalue weighted by atomic mass is 10.1. The number of nitrogens with zero attached hydrogens (tertiary/aromatic N) is 2. The molecule has 92 valence electrons. The number of likely N-dealkylation sites (N-methyl/N-ethyl adjacent to an activating group) is 1. The molecule has 0 spiro atoms. The van der Waals surface area contributed by atoms with Crippen LogP contribution in [0.1, 0.15) is 10.4 Å². The lowest BCUT2D eigenvalue weighted by Crippen LogP contribution is -2.59. The molecule has 1 heterocycles. The second-order valence-electron chi connectivity index (χ2n) is 4.45. The van der Waals surface area contributed by atoms with Crippen LogP contribution in [0.4, 0.5) is 0 Å². The van der Waals surface area contributed by atoms with Crippen LogP contribution in [0.3, 0.4) is 0 Å². The van der Waals surface area contributed by atoms with Gasteiger partial charge in [-0.1, -0.05) is 11.6 Å². The Kier molecular flexibility index (Phi) is 3.95. The average molecular weight is 365 g/mol. The van der Waals surface area contributed by atoms with E-state index in [1.165, 1.54) is 0 Å². The molecule has 0 unspecified atom stereocenters. The fourth-order valence-electron chi connectivity index (χ4n) is 1.78. The highest BCUT2D eigenvalue weighted by Crippen LogP contribution is 2.23. The van der Waals surface area contributed by atoms with Crippen molar-refractivity contribution in [1.82, 2.24) is 9.80 Å². The molecule has 2 rings (SSSR count). The highest BCUT2D eigenvalue weighted by atomic mass is 127. The Morgan fingerprint density at radius 2 is 2.12 bits per heavy atom. The van der Waals surface area contributed by atoms with Gasteiger partial charge in [0, 0.05) is 22.7 Å². The van der Waals surface area contributed by atoms with E-state index in [1.54, 1.807) is 6.07 Å². The van der Waals surface area contributed by atoms with E-state index < -0.39 is 0 Å². The van der Waals surface area contributed by atoms with Crippen LogP contribution in [0.5, 0.6) is 0 Å². The number of halogens is 2. The Balaban J connectivity index is 2.07. The van der Waals surface area contributed by atoms with E-state index >= 15 is 0 Å². The molecule has 0 aliphatic carbocycles. The average Bonchev–Trinajstić information content (AvgIpc) is 2.13. The molecule has 1 aromatic carbocycles. The highest BCUT2D eigenvalue weighted by molar-refractivity contribution is 14.1. The van der Waals surface area contributed by atoms with Gasteiger partial charge in [-0.3, -0.25) is 4.79 Å². The quantitative estimate of drug-likeness (QED) is 0.752. The van der Waals surface area contributed by atoms with Gasteiger partial charge in [0.2, 0.25) is 0 Å². The number of hydrogen-bond acceptors (Lipinski definition) is 2. The third kappa shape index (κ3) is 2.74. The standard InChI is InChI=1S/C12H14ClIN2O/c1-15(2)9-6-16(7-9)12(17)10-4-3-8(14)5-11(10)13/h3-5,9H,6-7H2,1-2H3. The summed E-state index contributed by atoms with van der Waals surface area (Å²) >= 11 is 8.27. The van der Waals surface area contributed by atoms with Gasteiger partial charge in [-0.25, -0.2) is 0 Å². The fourth-order valence-corrected chi connectivity index (χ4v) is 2.72. The molecule has 1 aliphatic heterocycles. The minimum Gasteiger partial charge on any atom is -0.335 e. The van der Waals surface area contributed by atoms with Crippen LogP contribution < -0.4 is 0 Å². The molecule has 0 saturated carbocycles. The normalized spacial score (nSPS) is 16.2. The summed E-state index contributed by atoms with van der Waals surface area (Å²) in [6.45, 7) is 1.57. The van der Waals surface area contributed by atoms with Crippen LogP contribution >= 0.6 is 34.2 Å². The second kappa shape index (κ2) is 5.12. The molecule has 1 saturated heterocycles. The van der Waals surface area contributed by atoms with Gasteiger partial charge < -0.3 is 9.80 Å². The van der Waals surface area contributed by atoms with Gasteiger partial charge in [-0.05, 0) is 54.9 Å². The van der Waals surface area contributed by atoms with Crippen LogP contribution in [0.2, 0.25) is 5.02 Å². The first-order chi connectivity index (χ1) is 7.99. The molecule has 0 bridgehead atoms. The van der Waals surface area contributed by atoms with Crippen LogP contribution in [0.25, 0.3) is 0 Å². The Bertz CT molecular complexity index is 444. The molecular weight excluding hydrogens is 351 g/mol. The Morgan fingerprint density at radius 1 is 1.47 bits per heavy atom. The van der Waals surface area contributed by atoms with Gasteiger partial charge in [0.05, 0.1) is 10.6 Å². The van der Waals surface area contributed by atoms with E-state index in [4.69, 9.17) is 11.6 Å². The third-order valence-electron chi connectivity index (χ3n) is 3.04. The lowest BCUT2D eigenvalue weighted by molar-refractivity contribution is 0.0399. The zero-order valence-corrected chi connectivity index (χ0v) is 12.7. The maximum absolute atomic E-state index is 12.1. The summed E-state index contributed by atoms with van der Waals surface area (Å²) in [5.74, 6) is 0.0319. The first-order valence-corrected chi connectivity index (χ1v) is 6.85. The van der Waals surface area contributed by atoms with Crippen molar-refractivity contribution in [1.29, 1.82) is 0 Å². The van der Waals surface area contributed by atoms with Crippen molar-refractivity contribution in [2.45, 2.75) is 6.04 Å². The lowest BCUT2D eigenvalue weighted by Gasteiger charge is -2.42. The van der Waals surface area contributed by atoms with Gasteiger partial charge in [0.1, 0.15) is 0 Å². The first kappa shape index (κ1) is 13.1. The van der Waals surface area contributed by atoms with Crippen molar-refractivity contribution >= 4 is 40.1 Å². The number of carbonyl (C=O) groups excluding carboxylic acids is 1. The van der Waals surface area contributed by atoms with E-state index in [2.05, 4.69) is 27.5 Å². The number of benzene rings is 1. The van der Waals surface area contributed by atoms with E-state index in [9.17, 15) is 4.79 Å².